The second kappa shape index (κ2) is 6.07. The molecule has 0 aliphatic rings. The van der Waals surface area contributed by atoms with Gasteiger partial charge < -0.3 is 9.64 Å². The fourth-order valence-corrected chi connectivity index (χ4v) is 1.56. The highest BCUT2D eigenvalue weighted by Crippen LogP contribution is 2.08. The molecule has 0 aromatic heterocycles. The summed E-state index contributed by atoms with van der Waals surface area (Å²) in [5.41, 5.74) is 0.612. The first kappa shape index (κ1) is 12.4. The van der Waals surface area contributed by atoms with Crippen LogP contribution in [0, 0.1) is 3.57 Å². The number of carbonyl (C=O) groups excluding carboxylic acids is 1. The molecule has 0 amide bonds. The summed E-state index contributed by atoms with van der Waals surface area (Å²) in [6.45, 7) is 1.17. The van der Waals surface area contributed by atoms with E-state index in [0.717, 1.165) is 10.1 Å². The van der Waals surface area contributed by atoms with Gasteiger partial charge in [0.1, 0.15) is 6.61 Å². The van der Waals surface area contributed by atoms with Gasteiger partial charge in [0.2, 0.25) is 0 Å². The zero-order valence-corrected chi connectivity index (χ0v) is 11.0. The van der Waals surface area contributed by atoms with E-state index >= 15 is 0 Å². The smallest absolute Gasteiger partial charge is 0.338 e. The molecule has 1 aromatic carbocycles. The predicted molar refractivity (Wildman–Crippen MR) is 68.0 cm³/mol. The maximum Gasteiger partial charge on any atom is 0.338 e. The van der Waals surface area contributed by atoms with E-state index in [1.54, 1.807) is 6.07 Å². The minimum atomic E-state index is -0.254. The lowest BCUT2D eigenvalue weighted by Gasteiger charge is -2.09. The lowest BCUT2D eigenvalue weighted by atomic mass is 10.2. The molecule has 1 rings (SSSR count). The minimum Gasteiger partial charge on any atom is -0.461 e. The Morgan fingerprint density at radius 3 is 2.80 bits per heavy atom. The van der Waals surface area contributed by atoms with Crippen LogP contribution in [-0.4, -0.2) is 38.1 Å². The number of esters is 1. The lowest BCUT2D eigenvalue weighted by Crippen LogP contribution is -2.20. The van der Waals surface area contributed by atoms with Crippen LogP contribution in [0.5, 0.6) is 0 Å². The third-order valence-corrected chi connectivity index (χ3v) is 2.50. The van der Waals surface area contributed by atoms with Crippen LogP contribution in [0.4, 0.5) is 0 Å². The molecule has 1 aromatic rings. The number of nitrogens with zero attached hydrogens (tertiary/aromatic N) is 1. The lowest BCUT2D eigenvalue weighted by molar-refractivity contribution is 0.0482. The van der Waals surface area contributed by atoms with Crippen LogP contribution in [0.25, 0.3) is 0 Å². The average Bonchev–Trinajstić information content (AvgIpc) is 2.17. The van der Waals surface area contributed by atoms with Gasteiger partial charge in [-0.2, -0.15) is 0 Å². The Morgan fingerprint density at radius 1 is 1.47 bits per heavy atom. The average molecular weight is 319 g/mol. The van der Waals surface area contributed by atoms with Crippen molar-refractivity contribution < 1.29 is 9.53 Å². The molecule has 15 heavy (non-hydrogen) atoms. The van der Waals surface area contributed by atoms with Crippen LogP contribution >= 0.6 is 22.6 Å². The molecule has 4 heteroatoms. The maximum absolute atomic E-state index is 11.5. The van der Waals surface area contributed by atoms with Gasteiger partial charge in [0.25, 0.3) is 0 Å². The Bertz CT molecular complexity index is 339. The van der Waals surface area contributed by atoms with Gasteiger partial charge >= 0.3 is 5.97 Å². The molecule has 0 N–H and O–H groups in total. The second-order valence-electron chi connectivity index (χ2n) is 3.45. The molecule has 0 fully saturated rings. The number of ether oxygens (including phenoxy) is 1. The normalized spacial score (nSPS) is 10.4. The highest BCUT2D eigenvalue weighted by atomic mass is 127. The Morgan fingerprint density at radius 2 is 2.20 bits per heavy atom. The molecule has 0 heterocycles. The van der Waals surface area contributed by atoms with E-state index in [1.807, 2.05) is 37.2 Å². The van der Waals surface area contributed by atoms with Crippen molar-refractivity contribution in [2.45, 2.75) is 0 Å². The minimum absolute atomic E-state index is 0.254. The summed E-state index contributed by atoms with van der Waals surface area (Å²) in [6, 6.07) is 7.38. The summed E-state index contributed by atoms with van der Waals surface area (Å²) in [5, 5.41) is 0. The summed E-state index contributed by atoms with van der Waals surface area (Å²) < 4.78 is 6.15. The Hall–Kier alpha value is -0.620. The van der Waals surface area contributed by atoms with Crippen LogP contribution in [0.3, 0.4) is 0 Å². The third-order valence-electron chi connectivity index (χ3n) is 1.83. The van der Waals surface area contributed by atoms with Crippen molar-refractivity contribution in [3.63, 3.8) is 0 Å². The van der Waals surface area contributed by atoms with E-state index < -0.39 is 0 Å². The maximum atomic E-state index is 11.5. The Labute approximate surface area is 104 Å². The Kier molecular flexibility index (Phi) is 5.04. The fourth-order valence-electron chi connectivity index (χ4n) is 1.02. The van der Waals surface area contributed by atoms with Crippen molar-refractivity contribution in [1.29, 1.82) is 0 Å². The van der Waals surface area contributed by atoms with Crippen LogP contribution in [0.2, 0.25) is 0 Å². The molecule has 82 valence electrons. The molecule has 0 spiro atoms. The topological polar surface area (TPSA) is 29.5 Å². The molecule has 3 nitrogen and oxygen atoms in total. The predicted octanol–water partition coefficient (Wildman–Crippen LogP) is 2.01. The van der Waals surface area contributed by atoms with Crippen molar-refractivity contribution in [2.75, 3.05) is 27.2 Å². The molecular formula is C11H14INO2. The zero-order valence-electron chi connectivity index (χ0n) is 8.87. The number of rotatable bonds is 4. The molecule has 0 aliphatic carbocycles. The van der Waals surface area contributed by atoms with Gasteiger partial charge in [-0.15, -0.1) is 0 Å². The van der Waals surface area contributed by atoms with Crippen molar-refractivity contribution in [2.24, 2.45) is 0 Å². The number of halogens is 1. The molecule has 0 unspecified atom stereocenters. The molecule has 0 radical (unpaired) electrons. The largest absolute Gasteiger partial charge is 0.461 e. The highest BCUT2D eigenvalue weighted by Gasteiger charge is 2.06. The molecular weight excluding hydrogens is 305 g/mol. The molecule has 0 aliphatic heterocycles. The van der Waals surface area contributed by atoms with Crippen molar-refractivity contribution >= 4 is 28.6 Å². The van der Waals surface area contributed by atoms with Crippen LogP contribution in [-0.2, 0) is 4.74 Å². The monoisotopic (exact) mass is 319 g/mol. The first-order chi connectivity index (χ1) is 7.09. The summed E-state index contributed by atoms with van der Waals surface area (Å²) in [5.74, 6) is -0.254. The highest BCUT2D eigenvalue weighted by molar-refractivity contribution is 14.1. The van der Waals surface area contributed by atoms with E-state index in [-0.39, 0.29) is 5.97 Å². The number of likely N-dealkylation sites (N-methyl/N-ethyl adjacent to an activating group) is 1. The summed E-state index contributed by atoms with van der Waals surface area (Å²) in [6.07, 6.45) is 0. The number of hydrogen-bond donors (Lipinski definition) is 0. The van der Waals surface area contributed by atoms with Crippen LogP contribution in [0.1, 0.15) is 10.4 Å². The van der Waals surface area contributed by atoms with E-state index in [1.165, 1.54) is 0 Å². The summed E-state index contributed by atoms with van der Waals surface area (Å²) in [7, 11) is 3.89. The van der Waals surface area contributed by atoms with E-state index in [9.17, 15) is 4.79 Å². The standard InChI is InChI=1S/C11H14INO2/c1-13(2)6-7-15-11(14)9-4-3-5-10(12)8-9/h3-5,8H,6-7H2,1-2H3. The van der Waals surface area contributed by atoms with Crippen LogP contribution < -0.4 is 0 Å². The molecule has 0 atom stereocenters. The quantitative estimate of drug-likeness (QED) is 0.628. The van der Waals surface area contributed by atoms with Crippen molar-refractivity contribution in [1.82, 2.24) is 4.90 Å². The third kappa shape index (κ3) is 4.61. The molecule has 0 saturated carbocycles. The Balaban J connectivity index is 2.47. The van der Waals surface area contributed by atoms with Crippen LogP contribution in [0.15, 0.2) is 24.3 Å². The van der Waals surface area contributed by atoms with Gasteiger partial charge in [-0.1, -0.05) is 6.07 Å². The second-order valence-corrected chi connectivity index (χ2v) is 4.70. The van der Waals surface area contributed by atoms with Crippen molar-refractivity contribution in [3.05, 3.63) is 33.4 Å². The molecule has 0 bridgehead atoms. The van der Waals surface area contributed by atoms with E-state index in [4.69, 9.17) is 4.74 Å². The van der Waals surface area contributed by atoms with Crippen molar-refractivity contribution in [3.8, 4) is 0 Å². The molecule has 0 saturated heterocycles. The van der Waals surface area contributed by atoms with E-state index in [2.05, 4.69) is 22.6 Å². The van der Waals surface area contributed by atoms with Gasteiger partial charge in [-0.3, -0.25) is 0 Å². The zero-order chi connectivity index (χ0) is 11.3. The van der Waals surface area contributed by atoms with Gasteiger partial charge in [0, 0.05) is 10.1 Å². The van der Waals surface area contributed by atoms with Gasteiger partial charge in [0.05, 0.1) is 5.56 Å². The van der Waals surface area contributed by atoms with Gasteiger partial charge in [0.15, 0.2) is 0 Å². The number of hydrogen-bond acceptors (Lipinski definition) is 3. The van der Waals surface area contributed by atoms with Gasteiger partial charge in [-0.25, -0.2) is 4.79 Å². The summed E-state index contributed by atoms with van der Waals surface area (Å²) in [4.78, 5) is 13.5. The first-order valence-electron chi connectivity index (χ1n) is 4.67. The number of carbonyl (C=O) groups is 1. The fraction of sp³-hybridized carbons (Fsp3) is 0.364. The first-order valence-corrected chi connectivity index (χ1v) is 5.75. The van der Waals surface area contributed by atoms with E-state index in [0.29, 0.717) is 12.2 Å². The SMILES string of the molecule is CN(C)CCOC(=O)c1cccc(I)c1. The number of benzene rings is 1. The summed E-state index contributed by atoms with van der Waals surface area (Å²) >= 11 is 2.17. The van der Waals surface area contributed by atoms with Gasteiger partial charge in [-0.05, 0) is 54.9 Å².